The summed E-state index contributed by atoms with van der Waals surface area (Å²) in [7, 11) is 0. The molecule has 8 nitrogen and oxygen atoms in total. The zero-order valence-electron chi connectivity index (χ0n) is 21.1. The van der Waals surface area contributed by atoms with Gasteiger partial charge in [0, 0.05) is 18.0 Å². The van der Waals surface area contributed by atoms with E-state index in [1.165, 1.54) is 4.57 Å². The van der Waals surface area contributed by atoms with Gasteiger partial charge in [0.1, 0.15) is 22.8 Å². The Bertz CT molecular complexity index is 1020. The Hall–Kier alpha value is -3.03. The number of hydrogen-bond donors (Lipinski definition) is 1. The number of para-hydroxylation sites is 1. The van der Waals surface area contributed by atoms with Crippen molar-refractivity contribution in [1.29, 1.82) is 0 Å². The van der Waals surface area contributed by atoms with Crippen LogP contribution in [-0.4, -0.2) is 45.6 Å². The summed E-state index contributed by atoms with van der Waals surface area (Å²) >= 11 is 0. The van der Waals surface area contributed by atoms with Crippen LogP contribution >= 0.6 is 0 Å². The lowest BCUT2D eigenvalue weighted by molar-refractivity contribution is -0.157. The molecule has 1 atom stereocenters. The van der Waals surface area contributed by atoms with Crippen LogP contribution in [0.15, 0.2) is 30.5 Å². The molecule has 0 aliphatic heterocycles. The first-order valence-corrected chi connectivity index (χ1v) is 11.0. The number of aromatic nitrogens is 1. The molecule has 0 aliphatic rings. The van der Waals surface area contributed by atoms with Gasteiger partial charge in [-0.05, 0) is 73.9 Å². The predicted molar refractivity (Wildman–Crippen MR) is 126 cm³/mol. The molecule has 1 unspecified atom stereocenters. The molecule has 33 heavy (non-hydrogen) atoms. The lowest BCUT2D eigenvalue weighted by atomic mass is 10.0. The van der Waals surface area contributed by atoms with Crippen molar-refractivity contribution in [2.75, 3.05) is 0 Å². The van der Waals surface area contributed by atoms with E-state index in [-0.39, 0.29) is 6.42 Å². The number of alkyl carbamates (subject to hydrolysis) is 1. The number of nitrogens with zero attached hydrogens (tertiary/aromatic N) is 1. The maximum Gasteiger partial charge on any atom is 0.419 e. The van der Waals surface area contributed by atoms with E-state index in [1.54, 1.807) is 74.6 Å². The lowest BCUT2D eigenvalue weighted by Crippen LogP contribution is -2.47. The molecule has 2 aromatic rings. The molecule has 2 rings (SSSR count). The minimum absolute atomic E-state index is 0.102. The Balaban J connectivity index is 2.42. The number of nitrogens with one attached hydrogen (secondary N) is 1. The smallest absolute Gasteiger partial charge is 0.419 e. The second kappa shape index (κ2) is 9.45. The van der Waals surface area contributed by atoms with Crippen LogP contribution in [0.5, 0.6) is 0 Å². The minimum atomic E-state index is -1.02. The van der Waals surface area contributed by atoms with E-state index < -0.39 is 41.0 Å². The molecule has 1 aromatic heterocycles. The molecule has 0 bridgehead atoms. The summed E-state index contributed by atoms with van der Waals surface area (Å²) in [4.78, 5) is 38.2. The highest BCUT2D eigenvalue weighted by molar-refractivity contribution is 5.93. The van der Waals surface area contributed by atoms with E-state index in [0.717, 1.165) is 5.39 Å². The predicted octanol–water partition coefficient (Wildman–Crippen LogP) is 5.20. The molecule has 0 saturated carbocycles. The fourth-order valence-electron chi connectivity index (χ4n) is 3.11. The third-order valence-electron chi connectivity index (χ3n) is 4.19. The zero-order chi connectivity index (χ0) is 25.2. The molecule has 182 valence electrons. The molecule has 1 amide bonds. The molecule has 1 N–H and O–H groups in total. The van der Waals surface area contributed by atoms with Crippen LogP contribution in [0, 0.1) is 0 Å². The van der Waals surface area contributed by atoms with Crippen LogP contribution in [-0.2, 0) is 25.4 Å². The first-order valence-electron chi connectivity index (χ1n) is 11.0. The van der Waals surface area contributed by atoms with Crippen LogP contribution < -0.4 is 5.32 Å². The van der Waals surface area contributed by atoms with Crippen molar-refractivity contribution in [2.45, 2.75) is 91.6 Å². The van der Waals surface area contributed by atoms with Crippen molar-refractivity contribution in [2.24, 2.45) is 0 Å². The van der Waals surface area contributed by atoms with E-state index in [2.05, 4.69) is 5.32 Å². The van der Waals surface area contributed by atoms with Gasteiger partial charge in [-0.3, -0.25) is 4.57 Å². The van der Waals surface area contributed by atoms with E-state index in [4.69, 9.17) is 14.2 Å². The summed E-state index contributed by atoms with van der Waals surface area (Å²) < 4.78 is 17.8. The highest BCUT2D eigenvalue weighted by Crippen LogP contribution is 2.25. The number of carbonyl (C=O) groups is 3. The standard InChI is InChI=1S/C25H36N2O6/c1-23(2,3)31-20(28)18(26-21(29)32-24(4,5)6)14-16-15-27(22(30)33-25(7,8)9)19-13-11-10-12-17(16)19/h10-13,15,18H,14H2,1-9H3,(H,26,29). The third kappa shape index (κ3) is 8.11. The fraction of sp³-hybridized carbons (Fsp3) is 0.560. The van der Waals surface area contributed by atoms with Gasteiger partial charge in [0.15, 0.2) is 0 Å². The molecule has 0 fully saturated rings. The Morgan fingerprint density at radius 2 is 1.39 bits per heavy atom. The summed E-state index contributed by atoms with van der Waals surface area (Å²) in [6.45, 7) is 15.9. The Morgan fingerprint density at radius 1 is 0.848 bits per heavy atom. The fourth-order valence-corrected chi connectivity index (χ4v) is 3.11. The molecular weight excluding hydrogens is 424 g/mol. The Labute approximate surface area is 195 Å². The second-order valence-corrected chi connectivity index (χ2v) is 11.0. The van der Waals surface area contributed by atoms with E-state index in [0.29, 0.717) is 11.1 Å². The Morgan fingerprint density at radius 3 is 1.94 bits per heavy atom. The number of esters is 1. The number of amides is 1. The highest BCUT2D eigenvalue weighted by Gasteiger charge is 2.30. The van der Waals surface area contributed by atoms with E-state index in [1.807, 2.05) is 18.2 Å². The summed E-state index contributed by atoms with van der Waals surface area (Å²) in [5.74, 6) is -0.595. The summed E-state index contributed by atoms with van der Waals surface area (Å²) in [5.41, 5.74) is -0.810. The number of carbonyl (C=O) groups excluding carboxylic acids is 3. The molecule has 0 spiro atoms. The number of fused-ring (bicyclic) bond motifs is 1. The molecule has 1 heterocycles. The second-order valence-electron chi connectivity index (χ2n) is 11.0. The zero-order valence-corrected chi connectivity index (χ0v) is 21.1. The average molecular weight is 461 g/mol. The first-order chi connectivity index (χ1) is 15.0. The van der Waals surface area contributed by atoms with Crippen molar-refractivity contribution < 1.29 is 28.6 Å². The molecule has 0 aliphatic carbocycles. The first kappa shape index (κ1) is 26.2. The molecule has 8 heteroatoms. The van der Waals surface area contributed by atoms with Gasteiger partial charge < -0.3 is 19.5 Å². The van der Waals surface area contributed by atoms with Gasteiger partial charge in [0.25, 0.3) is 0 Å². The van der Waals surface area contributed by atoms with Gasteiger partial charge in [-0.2, -0.15) is 0 Å². The number of hydrogen-bond acceptors (Lipinski definition) is 6. The number of ether oxygens (including phenoxy) is 3. The SMILES string of the molecule is CC(C)(C)OC(=O)NC(Cc1cn(C(=O)OC(C)(C)C)c2ccccc12)C(=O)OC(C)(C)C. The lowest BCUT2D eigenvalue weighted by Gasteiger charge is -2.26. The number of rotatable bonds is 4. The monoisotopic (exact) mass is 460 g/mol. The summed E-state index contributed by atoms with van der Waals surface area (Å²) in [6.07, 6.45) is 0.477. The van der Waals surface area contributed by atoms with Crippen LogP contribution in [0.2, 0.25) is 0 Å². The van der Waals surface area contributed by atoms with Crippen molar-refractivity contribution in [3.63, 3.8) is 0 Å². The van der Waals surface area contributed by atoms with Gasteiger partial charge in [0.05, 0.1) is 5.52 Å². The maximum absolute atomic E-state index is 12.9. The largest absolute Gasteiger partial charge is 0.458 e. The quantitative estimate of drug-likeness (QED) is 0.498. The van der Waals surface area contributed by atoms with Gasteiger partial charge >= 0.3 is 18.2 Å². The van der Waals surface area contributed by atoms with Crippen molar-refractivity contribution in [1.82, 2.24) is 9.88 Å². The average Bonchev–Trinajstić information content (AvgIpc) is 2.95. The van der Waals surface area contributed by atoms with Crippen molar-refractivity contribution in [3.05, 3.63) is 36.0 Å². The van der Waals surface area contributed by atoms with Crippen LogP contribution in [0.3, 0.4) is 0 Å². The highest BCUT2D eigenvalue weighted by atomic mass is 16.6. The van der Waals surface area contributed by atoms with Crippen LogP contribution in [0.1, 0.15) is 67.9 Å². The third-order valence-corrected chi connectivity index (χ3v) is 4.19. The van der Waals surface area contributed by atoms with Gasteiger partial charge in [-0.1, -0.05) is 18.2 Å². The molecule has 1 aromatic carbocycles. The van der Waals surface area contributed by atoms with Gasteiger partial charge in [-0.15, -0.1) is 0 Å². The number of benzene rings is 1. The van der Waals surface area contributed by atoms with Crippen molar-refractivity contribution in [3.8, 4) is 0 Å². The van der Waals surface area contributed by atoms with Crippen molar-refractivity contribution >= 4 is 29.1 Å². The van der Waals surface area contributed by atoms with E-state index in [9.17, 15) is 14.4 Å². The molecule has 0 saturated heterocycles. The summed E-state index contributed by atoms with van der Waals surface area (Å²) in [6, 6.07) is 6.29. The maximum atomic E-state index is 12.9. The van der Waals surface area contributed by atoms with Gasteiger partial charge in [-0.25, -0.2) is 14.4 Å². The molecule has 0 radical (unpaired) electrons. The van der Waals surface area contributed by atoms with Crippen LogP contribution in [0.25, 0.3) is 10.9 Å². The van der Waals surface area contributed by atoms with Gasteiger partial charge in [0.2, 0.25) is 0 Å². The summed E-state index contributed by atoms with van der Waals surface area (Å²) in [5, 5.41) is 3.39. The molecular formula is C25H36N2O6. The normalized spacial score (nSPS) is 13.4. The minimum Gasteiger partial charge on any atom is -0.458 e. The van der Waals surface area contributed by atoms with Crippen LogP contribution in [0.4, 0.5) is 9.59 Å². The topological polar surface area (TPSA) is 95.9 Å². The van der Waals surface area contributed by atoms with E-state index >= 15 is 0 Å². The Kier molecular flexibility index (Phi) is 7.51.